The number of fused-ring (bicyclic) bond motifs is 5. The average Bonchev–Trinajstić information content (AvgIpc) is 3.96. The van der Waals surface area contributed by atoms with Crippen LogP contribution in [0.1, 0.15) is 103 Å². The minimum Gasteiger partial charge on any atom is -0.310 e. The van der Waals surface area contributed by atoms with Crippen molar-refractivity contribution >= 4 is 55.7 Å². The van der Waals surface area contributed by atoms with Crippen molar-refractivity contribution in [3.05, 3.63) is 264 Å². The molecule has 0 aliphatic heterocycles. The van der Waals surface area contributed by atoms with Crippen molar-refractivity contribution in [3.63, 3.8) is 0 Å². The van der Waals surface area contributed by atoms with E-state index >= 15 is 0 Å². The van der Waals surface area contributed by atoms with E-state index < -0.39 is 0 Å². The van der Waals surface area contributed by atoms with Crippen molar-refractivity contribution in [1.29, 1.82) is 0 Å². The number of benzene rings is 11. The molecule has 0 heterocycles. The number of hydrogen-bond acceptors (Lipinski definition) is 2. The molecule has 390 valence electrons. The van der Waals surface area contributed by atoms with Gasteiger partial charge in [-0.25, -0.2) is 0 Å². The van der Waals surface area contributed by atoms with Gasteiger partial charge in [0.05, 0.1) is 0 Å². The lowest BCUT2D eigenvalue weighted by Gasteiger charge is -2.29. The fourth-order valence-corrected chi connectivity index (χ4v) is 12.6. The van der Waals surface area contributed by atoms with Gasteiger partial charge >= 0.3 is 0 Å². The van der Waals surface area contributed by atoms with Crippen molar-refractivity contribution in [3.8, 4) is 44.5 Å². The molecule has 0 radical (unpaired) electrons. The second kappa shape index (κ2) is 20.1. The number of aryl methyl sites for hydroxylation is 2. The zero-order valence-corrected chi connectivity index (χ0v) is 47.7. The maximum atomic E-state index is 2.52. The summed E-state index contributed by atoms with van der Waals surface area (Å²) < 4.78 is 0. The molecule has 0 saturated carbocycles. The molecule has 1 aliphatic rings. The van der Waals surface area contributed by atoms with Crippen LogP contribution >= 0.6 is 0 Å². The molecule has 0 aromatic heterocycles. The van der Waals surface area contributed by atoms with Crippen LogP contribution in [0.3, 0.4) is 0 Å². The minimum absolute atomic E-state index is 0.0291. The Labute approximate surface area is 469 Å². The molecule has 0 unspecified atom stereocenters. The summed E-state index contributed by atoms with van der Waals surface area (Å²) in [6.45, 7) is 23.1. The molecular formula is C77H72N2. The van der Waals surface area contributed by atoms with E-state index in [9.17, 15) is 0 Å². The highest BCUT2D eigenvalue weighted by Crippen LogP contribution is 2.53. The molecule has 2 nitrogen and oxygen atoms in total. The summed E-state index contributed by atoms with van der Waals surface area (Å²) in [5, 5.41) is 4.85. The lowest BCUT2D eigenvalue weighted by molar-refractivity contribution is 0.590. The normalized spacial score (nSPS) is 12.9. The largest absolute Gasteiger partial charge is 0.310 e. The van der Waals surface area contributed by atoms with Gasteiger partial charge in [0.1, 0.15) is 0 Å². The first-order valence-corrected chi connectivity index (χ1v) is 28.5. The van der Waals surface area contributed by atoms with Crippen molar-refractivity contribution in [2.75, 3.05) is 9.80 Å². The van der Waals surface area contributed by atoms with E-state index in [4.69, 9.17) is 0 Å². The van der Waals surface area contributed by atoms with Crippen LogP contribution in [-0.2, 0) is 29.1 Å². The third kappa shape index (κ3) is 9.21. The molecule has 11 aromatic rings. The van der Waals surface area contributed by atoms with Crippen molar-refractivity contribution in [2.24, 2.45) is 0 Å². The molecule has 0 N–H and O–H groups in total. The monoisotopic (exact) mass is 1020 g/mol. The number of anilines is 6. The maximum Gasteiger partial charge on any atom is 0.0468 e. The van der Waals surface area contributed by atoms with Gasteiger partial charge in [0.25, 0.3) is 0 Å². The molecule has 12 rings (SSSR count). The highest BCUT2D eigenvalue weighted by Gasteiger charge is 2.36. The molecule has 79 heavy (non-hydrogen) atoms. The Kier molecular flexibility index (Phi) is 13.0. The summed E-state index contributed by atoms with van der Waals surface area (Å²) >= 11 is 0. The van der Waals surface area contributed by atoms with Gasteiger partial charge in [-0.3, -0.25) is 0 Å². The van der Waals surface area contributed by atoms with Gasteiger partial charge in [0.15, 0.2) is 0 Å². The Morgan fingerprint density at radius 3 is 1.20 bits per heavy atom. The van der Waals surface area contributed by atoms with Gasteiger partial charge in [0, 0.05) is 39.5 Å². The Morgan fingerprint density at radius 2 is 0.709 bits per heavy atom. The molecule has 2 heteroatoms. The molecule has 0 bridgehead atoms. The Balaban J connectivity index is 1.19. The quantitative estimate of drug-likeness (QED) is 0.119. The van der Waals surface area contributed by atoms with Crippen molar-refractivity contribution in [1.82, 2.24) is 0 Å². The van der Waals surface area contributed by atoms with Crippen molar-refractivity contribution in [2.45, 2.75) is 98.3 Å². The number of rotatable bonds is 11. The van der Waals surface area contributed by atoms with E-state index in [-0.39, 0.29) is 16.2 Å². The average molecular weight is 1030 g/mol. The van der Waals surface area contributed by atoms with Crippen LogP contribution in [0.2, 0.25) is 0 Å². The summed E-state index contributed by atoms with van der Waals surface area (Å²) in [6.07, 6.45) is 1.89. The summed E-state index contributed by atoms with van der Waals surface area (Å²) in [7, 11) is 0. The number of hydrogen-bond donors (Lipinski definition) is 0. The smallest absolute Gasteiger partial charge is 0.0468 e. The summed E-state index contributed by atoms with van der Waals surface area (Å²) in [5.41, 5.74) is 24.8. The van der Waals surface area contributed by atoms with Gasteiger partial charge in [-0.05, 0) is 202 Å². The highest BCUT2D eigenvalue weighted by atomic mass is 15.1. The van der Waals surface area contributed by atoms with Gasteiger partial charge in [-0.2, -0.15) is 0 Å². The first-order chi connectivity index (χ1) is 38.1. The van der Waals surface area contributed by atoms with Crippen LogP contribution in [0.15, 0.2) is 231 Å². The van der Waals surface area contributed by atoms with Gasteiger partial charge in [-0.15, -0.1) is 0 Å². The fraction of sp³-hybridized carbons (Fsp3) is 0.195. The topological polar surface area (TPSA) is 6.48 Å². The lowest BCUT2D eigenvalue weighted by atomic mass is 9.80. The third-order valence-electron chi connectivity index (χ3n) is 16.9. The van der Waals surface area contributed by atoms with E-state index in [0.29, 0.717) is 0 Å². The minimum atomic E-state index is -0.178. The Morgan fingerprint density at radius 1 is 0.316 bits per heavy atom. The van der Waals surface area contributed by atoms with Crippen molar-refractivity contribution < 1.29 is 0 Å². The summed E-state index contributed by atoms with van der Waals surface area (Å²) in [4.78, 5) is 4.87. The van der Waals surface area contributed by atoms with E-state index in [1.54, 1.807) is 0 Å². The van der Waals surface area contributed by atoms with Crippen LogP contribution in [0, 0.1) is 0 Å². The molecular weight excluding hydrogens is 953 g/mol. The zero-order valence-electron chi connectivity index (χ0n) is 47.7. The molecule has 0 atom stereocenters. The zero-order chi connectivity index (χ0) is 54.8. The molecule has 0 amide bonds. The molecule has 0 fully saturated rings. The van der Waals surface area contributed by atoms with Crippen LogP contribution in [0.4, 0.5) is 34.1 Å². The van der Waals surface area contributed by atoms with Gasteiger partial charge in [0.2, 0.25) is 0 Å². The SMILES string of the molecule is CCc1ccccc1-c1ccc(-c2c3ccc(N(c4ccccc4)c4ccc(C(C)(C)C)cc4)cc3c(-c3ccc4c(c3)C(C)(C)c3ccccc3-4)c3ccc(N(c4ccccc4)c4ccc(C(C)(C)C)cc4)cc23)cc1CC. The van der Waals surface area contributed by atoms with Crippen LogP contribution in [0.25, 0.3) is 66.1 Å². The highest BCUT2D eigenvalue weighted by molar-refractivity contribution is 6.23. The van der Waals surface area contributed by atoms with E-state index in [0.717, 1.165) is 47.0 Å². The van der Waals surface area contributed by atoms with Crippen LogP contribution < -0.4 is 9.80 Å². The van der Waals surface area contributed by atoms with Crippen LogP contribution in [0.5, 0.6) is 0 Å². The molecule has 0 spiro atoms. The lowest BCUT2D eigenvalue weighted by Crippen LogP contribution is -2.15. The van der Waals surface area contributed by atoms with Gasteiger partial charge < -0.3 is 9.80 Å². The second-order valence-electron chi connectivity index (χ2n) is 24.3. The first kappa shape index (κ1) is 51.3. The summed E-state index contributed by atoms with van der Waals surface area (Å²) in [5.74, 6) is 0. The molecule has 1 aliphatic carbocycles. The number of para-hydroxylation sites is 2. The standard InChI is InChI=1S/C77H72N2/c1-11-51-23-19-20-28-63(51)64-43-31-53(47-52(64)12-2)73-67-45-41-62(79(58-26-17-14-18-27-58)60-39-35-56(36-40-60)76(6,7)8)50-70(67)74(54-32-44-66-65-29-21-22-30-71(65)77(9,10)72(66)48-54)68-46-42-61(49-69(68)73)78(57-24-15-13-16-25-57)59-37-33-55(34-38-59)75(3,4)5/h13-50H,11-12H2,1-10H3. The van der Waals surface area contributed by atoms with E-state index in [1.807, 2.05) is 0 Å². The van der Waals surface area contributed by atoms with Gasteiger partial charge in [-0.1, -0.05) is 221 Å². The van der Waals surface area contributed by atoms with Crippen LogP contribution in [-0.4, -0.2) is 0 Å². The Bertz CT molecular complexity index is 4060. The van der Waals surface area contributed by atoms with E-state index in [1.165, 1.54) is 99.4 Å². The number of nitrogens with zero attached hydrogens (tertiary/aromatic N) is 2. The fourth-order valence-electron chi connectivity index (χ4n) is 12.6. The first-order valence-electron chi connectivity index (χ1n) is 28.5. The predicted molar refractivity (Wildman–Crippen MR) is 341 cm³/mol. The third-order valence-corrected chi connectivity index (χ3v) is 16.9. The maximum absolute atomic E-state index is 2.52. The molecule has 11 aromatic carbocycles. The second-order valence-corrected chi connectivity index (χ2v) is 24.3. The molecule has 0 saturated heterocycles. The Hall–Kier alpha value is -8.46. The predicted octanol–water partition coefficient (Wildman–Crippen LogP) is 22.0. The summed E-state index contributed by atoms with van der Waals surface area (Å²) in [6, 6.07) is 87.2. The van der Waals surface area contributed by atoms with E-state index in [2.05, 4.69) is 310 Å².